The molecule has 0 saturated heterocycles. The Morgan fingerprint density at radius 1 is 1.07 bits per heavy atom. The summed E-state index contributed by atoms with van der Waals surface area (Å²) in [7, 11) is 4.03. The Bertz CT molecular complexity index is 1040. The van der Waals surface area contributed by atoms with Gasteiger partial charge in [0, 0.05) is 29.6 Å². The number of benzene rings is 2. The van der Waals surface area contributed by atoms with Gasteiger partial charge in [-0.15, -0.1) is 0 Å². The average Bonchev–Trinajstić information content (AvgIpc) is 3.32. The van der Waals surface area contributed by atoms with Gasteiger partial charge in [-0.25, -0.2) is 4.39 Å². The van der Waals surface area contributed by atoms with Crippen LogP contribution in [0.3, 0.4) is 0 Å². The van der Waals surface area contributed by atoms with E-state index >= 15 is 0 Å². The zero-order valence-corrected chi connectivity index (χ0v) is 16.7. The summed E-state index contributed by atoms with van der Waals surface area (Å²) in [5.74, 6) is -0.430. The Balaban J connectivity index is 1.89. The summed E-state index contributed by atoms with van der Waals surface area (Å²) in [5, 5.41) is 0. The predicted molar refractivity (Wildman–Crippen MR) is 115 cm³/mol. The molecule has 1 aromatic heterocycles. The molecule has 4 nitrogen and oxygen atoms in total. The SMILES string of the molecule is CN(C)CCCN1C(=O)/C(=C(/c2ccccc2)c2ccc[nH]2)c2cc(F)ccc21. The predicted octanol–water partition coefficient (Wildman–Crippen LogP) is 4.41. The second-order valence-electron chi connectivity index (χ2n) is 7.47. The minimum absolute atomic E-state index is 0.0854. The number of hydrogen-bond donors (Lipinski definition) is 1. The molecule has 1 aliphatic heterocycles. The highest BCUT2D eigenvalue weighted by atomic mass is 19.1. The lowest BCUT2D eigenvalue weighted by Crippen LogP contribution is -2.30. The molecule has 148 valence electrons. The molecule has 0 aliphatic carbocycles. The van der Waals surface area contributed by atoms with Crippen LogP contribution in [0.5, 0.6) is 0 Å². The summed E-state index contributed by atoms with van der Waals surface area (Å²) in [6.45, 7) is 1.47. The van der Waals surface area contributed by atoms with Crippen LogP contribution < -0.4 is 4.90 Å². The van der Waals surface area contributed by atoms with Crippen molar-refractivity contribution in [1.29, 1.82) is 0 Å². The van der Waals surface area contributed by atoms with Crippen LogP contribution in [0.4, 0.5) is 10.1 Å². The van der Waals surface area contributed by atoms with Crippen molar-refractivity contribution in [2.45, 2.75) is 6.42 Å². The van der Waals surface area contributed by atoms with E-state index in [0.717, 1.165) is 35.5 Å². The maximum absolute atomic E-state index is 14.2. The number of nitrogens with zero attached hydrogens (tertiary/aromatic N) is 2. The second kappa shape index (κ2) is 8.05. The highest BCUT2D eigenvalue weighted by Gasteiger charge is 2.35. The van der Waals surface area contributed by atoms with Gasteiger partial charge in [0.2, 0.25) is 0 Å². The van der Waals surface area contributed by atoms with Crippen molar-refractivity contribution in [2.75, 3.05) is 32.1 Å². The Morgan fingerprint density at radius 3 is 2.55 bits per heavy atom. The summed E-state index contributed by atoms with van der Waals surface area (Å²) >= 11 is 0. The Labute approximate surface area is 170 Å². The van der Waals surface area contributed by atoms with Crippen LogP contribution in [0.25, 0.3) is 11.1 Å². The standard InChI is InChI=1S/C24H24FN3O/c1-27(2)14-7-15-28-21-12-11-18(25)16-19(21)23(24(28)29)22(20-10-6-13-26-20)17-8-4-3-5-9-17/h3-6,8-13,16,26H,7,14-15H2,1-2H3/b23-22-. The van der Waals surface area contributed by atoms with Gasteiger partial charge < -0.3 is 14.8 Å². The van der Waals surface area contributed by atoms with Crippen molar-refractivity contribution in [2.24, 2.45) is 0 Å². The molecule has 0 atom stereocenters. The third-order valence-electron chi connectivity index (χ3n) is 5.14. The van der Waals surface area contributed by atoms with Crippen molar-refractivity contribution in [3.63, 3.8) is 0 Å². The van der Waals surface area contributed by atoms with Crippen LogP contribution in [0.15, 0.2) is 66.9 Å². The summed E-state index contributed by atoms with van der Waals surface area (Å²) in [5.41, 5.74) is 4.51. The number of anilines is 1. The molecule has 0 fully saturated rings. The first-order valence-corrected chi connectivity index (χ1v) is 9.76. The topological polar surface area (TPSA) is 39.3 Å². The van der Waals surface area contributed by atoms with Gasteiger partial charge in [-0.05, 0) is 63.0 Å². The smallest absolute Gasteiger partial charge is 0.259 e. The summed E-state index contributed by atoms with van der Waals surface area (Å²) < 4.78 is 14.2. The van der Waals surface area contributed by atoms with E-state index in [2.05, 4.69) is 9.88 Å². The Morgan fingerprint density at radius 2 is 1.86 bits per heavy atom. The molecule has 0 radical (unpaired) electrons. The van der Waals surface area contributed by atoms with Gasteiger partial charge in [-0.2, -0.15) is 0 Å². The molecule has 29 heavy (non-hydrogen) atoms. The fourth-order valence-electron chi connectivity index (χ4n) is 3.84. The fraction of sp³-hybridized carbons (Fsp3) is 0.208. The normalized spacial score (nSPS) is 15.2. The molecule has 1 N–H and O–H groups in total. The zero-order chi connectivity index (χ0) is 20.4. The van der Waals surface area contributed by atoms with Crippen LogP contribution in [-0.4, -0.2) is 43.0 Å². The van der Waals surface area contributed by atoms with Gasteiger partial charge in [-0.1, -0.05) is 30.3 Å². The monoisotopic (exact) mass is 389 g/mol. The number of aromatic nitrogens is 1. The molecule has 5 heteroatoms. The quantitative estimate of drug-likeness (QED) is 0.634. The highest BCUT2D eigenvalue weighted by Crippen LogP contribution is 2.43. The first kappa shape index (κ1) is 19.2. The van der Waals surface area contributed by atoms with E-state index in [0.29, 0.717) is 17.7 Å². The number of rotatable bonds is 6. The number of halogens is 1. The van der Waals surface area contributed by atoms with Gasteiger partial charge >= 0.3 is 0 Å². The van der Waals surface area contributed by atoms with Crippen molar-refractivity contribution < 1.29 is 9.18 Å². The van der Waals surface area contributed by atoms with Crippen LogP contribution in [0.1, 0.15) is 23.2 Å². The number of carbonyl (C=O) groups is 1. The lowest BCUT2D eigenvalue weighted by atomic mass is 9.93. The molecule has 0 saturated carbocycles. The summed E-state index contributed by atoms with van der Waals surface area (Å²) in [6.07, 6.45) is 2.67. The zero-order valence-electron chi connectivity index (χ0n) is 16.7. The minimum atomic E-state index is -0.344. The van der Waals surface area contributed by atoms with Crippen molar-refractivity contribution in [3.05, 3.63) is 89.5 Å². The largest absolute Gasteiger partial charge is 0.361 e. The molecule has 3 aromatic rings. The lowest BCUT2D eigenvalue weighted by Gasteiger charge is -2.19. The molecule has 2 heterocycles. The molecule has 0 bridgehead atoms. The first-order valence-electron chi connectivity index (χ1n) is 9.76. The third kappa shape index (κ3) is 3.74. The maximum Gasteiger partial charge on any atom is 0.259 e. The van der Waals surface area contributed by atoms with Crippen LogP contribution in [0, 0.1) is 5.82 Å². The number of amides is 1. The van der Waals surface area contributed by atoms with Gasteiger partial charge in [0.25, 0.3) is 5.91 Å². The summed E-state index contributed by atoms with van der Waals surface area (Å²) in [4.78, 5) is 20.7. The van der Waals surface area contributed by atoms with Crippen molar-refractivity contribution in [3.8, 4) is 0 Å². The number of hydrogen-bond acceptors (Lipinski definition) is 2. The number of H-pyrrole nitrogens is 1. The van der Waals surface area contributed by atoms with Crippen LogP contribution >= 0.6 is 0 Å². The molecular weight excluding hydrogens is 365 g/mol. The van der Waals surface area contributed by atoms with Gasteiger partial charge in [0.05, 0.1) is 11.3 Å². The molecule has 2 aromatic carbocycles. The van der Waals surface area contributed by atoms with Crippen LogP contribution in [0.2, 0.25) is 0 Å². The van der Waals surface area contributed by atoms with E-state index in [4.69, 9.17) is 0 Å². The van der Waals surface area contributed by atoms with Gasteiger partial charge in [-0.3, -0.25) is 4.79 Å². The van der Waals surface area contributed by atoms with Crippen molar-refractivity contribution >= 4 is 22.7 Å². The number of carbonyl (C=O) groups excluding carboxylic acids is 1. The molecule has 0 spiro atoms. The van der Waals surface area contributed by atoms with Crippen LogP contribution in [-0.2, 0) is 4.79 Å². The average molecular weight is 389 g/mol. The number of fused-ring (bicyclic) bond motifs is 1. The lowest BCUT2D eigenvalue weighted by molar-refractivity contribution is -0.113. The number of aromatic amines is 1. The fourth-order valence-corrected chi connectivity index (χ4v) is 3.84. The minimum Gasteiger partial charge on any atom is -0.361 e. The number of nitrogens with one attached hydrogen (secondary N) is 1. The molecule has 4 rings (SSSR count). The van der Waals surface area contributed by atoms with E-state index < -0.39 is 0 Å². The van der Waals surface area contributed by atoms with E-state index in [9.17, 15) is 9.18 Å². The second-order valence-corrected chi connectivity index (χ2v) is 7.47. The van der Waals surface area contributed by atoms with E-state index in [1.807, 2.05) is 62.8 Å². The molecule has 1 amide bonds. The first-order chi connectivity index (χ1) is 14.1. The Kier molecular flexibility index (Phi) is 5.32. The van der Waals surface area contributed by atoms with E-state index in [1.165, 1.54) is 12.1 Å². The molecular formula is C24H24FN3O. The summed E-state index contributed by atoms with van der Waals surface area (Å²) in [6, 6.07) is 18.2. The van der Waals surface area contributed by atoms with E-state index in [1.54, 1.807) is 11.0 Å². The van der Waals surface area contributed by atoms with Crippen molar-refractivity contribution in [1.82, 2.24) is 9.88 Å². The Hall–Kier alpha value is -3.18. The maximum atomic E-state index is 14.2. The van der Waals surface area contributed by atoms with Gasteiger partial charge in [0.1, 0.15) is 5.82 Å². The van der Waals surface area contributed by atoms with Gasteiger partial charge in [0.15, 0.2) is 0 Å². The highest BCUT2D eigenvalue weighted by molar-refractivity contribution is 6.38. The molecule has 1 aliphatic rings. The molecule has 0 unspecified atom stereocenters. The third-order valence-corrected chi connectivity index (χ3v) is 5.14. The van der Waals surface area contributed by atoms with E-state index in [-0.39, 0.29) is 11.7 Å².